The molecule has 0 aliphatic carbocycles. The smallest absolute Gasteiger partial charge is 0.0715 e. The Balaban J connectivity index is 2.39. The van der Waals surface area contributed by atoms with E-state index in [1.54, 1.807) is 24.3 Å². The topological polar surface area (TPSA) is 40.1 Å². The van der Waals surface area contributed by atoms with E-state index in [1.807, 2.05) is 6.07 Å². The Morgan fingerprint density at radius 2 is 1.47 bits per heavy atom. The van der Waals surface area contributed by atoms with Crippen LogP contribution in [0.15, 0.2) is 42.5 Å². The van der Waals surface area contributed by atoms with Crippen LogP contribution in [0.4, 0.5) is 0 Å². The molecule has 2 aromatic carbocycles. The molecule has 2 aromatic rings. The quantitative estimate of drug-likeness (QED) is 0.787. The maximum absolute atomic E-state index is 10.6. The maximum Gasteiger partial charge on any atom is 0.0715 e. The monoisotopic (exact) mass is 225 g/mol. The molecule has 0 amide bonds. The summed E-state index contributed by atoms with van der Waals surface area (Å²) < 4.78 is 0. The lowest BCUT2D eigenvalue weighted by Gasteiger charge is -2.07. The van der Waals surface area contributed by atoms with Crippen molar-refractivity contribution in [3.63, 3.8) is 0 Å². The van der Waals surface area contributed by atoms with Gasteiger partial charge in [0.25, 0.3) is 0 Å². The average Bonchev–Trinajstić information content (AvgIpc) is 2.33. The Morgan fingerprint density at radius 1 is 0.882 bits per heavy atom. The van der Waals surface area contributed by atoms with E-state index in [-0.39, 0.29) is 5.56 Å². The first-order valence-electron chi connectivity index (χ1n) is 5.47. The van der Waals surface area contributed by atoms with Gasteiger partial charge in [0.2, 0.25) is 0 Å². The highest BCUT2D eigenvalue weighted by Gasteiger charge is 2.00. The second-order valence-electron chi connectivity index (χ2n) is 4.16. The van der Waals surface area contributed by atoms with Crippen LogP contribution in [0, 0.1) is 13.8 Å². The van der Waals surface area contributed by atoms with Gasteiger partial charge in [-0.05, 0) is 41.7 Å². The third-order valence-electron chi connectivity index (χ3n) is 2.96. The number of hydrogen-bond donors (Lipinski definition) is 0. The van der Waals surface area contributed by atoms with Gasteiger partial charge in [0.15, 0.2) is 0 Å². The van der Waals surface area contributed by atoms with Crippen LogP contribution in [-0.4, -0.2) is 5.97 Å². The van der Waals surface area contributed by atoms with E-state index in [9.17, 15) is 9.90 Å². The Morgan fingerprint density at radius 3 is 2.00 bits per heavy atom. The van der Waals surface area contributed by atoms with Crippen LogP contribution in [0.5, 0.6) is 0 Å². The van der Waals surface area contributed by atoms with Crippen molar-refractivity contribution in [3.05, 3.63) is 59.2 Å². The van der Waals surface area contributed by atoms with Crippen LogP contribution >= 0.6 is 0 Å². The Labute approximate surface area is 101 Å². The fourth-order valence-electron chi connectivity index (χ4n) is 1.72. The number of carbonyl (C=O) groups excluding carboxylic acids is 1. The molecule has 2 heteroatoms. The van der Waals surface area contributed by atoms with Crippen molar-refractivity contribution < 1.29 is 9.90 Å². The number of rotatable bonds is 2. The minimum atomic E-state index is -1.14. The molecular formula is C15H13O2-. The van der Waals surface area contributed by atoms with Crippen LogP contribution in [0.1, 0.15) is 21.5 Å². The summed E-state index contributed by atoms with van der Waals surface area (Å²) in [6.45, 7) is 4.13. The van der Waals surface area contributed by atoms with Crippen molar-refractivity contribution in [1.29, 1.82) is 0 Å². The van der Waals surface area contributed by atoms with Crippen molar-refractivity contribution in [2.45, 2.75) is 13.8 Å². The second-order valence-corrected chi connectivity index (χ2v) is 4.16. The first kappa shape index (κ1) is 11.4. The molecule has 0 saturated carbocycles. The zero-order valence-electron chi connectivity index (χ0n) is 9.86. The van der Waals surface area contributed by atoms with Crippen molar-refractivity contribution in [2.75, 3.05) is 0 Å². The fourth-order valence-corrected chi connectivity index (χ4v) is 1.72. The zero-order chi connectivity index (χ0) is 12.4. The highest BCUT2D eigenvalue weighted by molar-refractivity contribution is 5.86. The van der Waals surface area contributed by atoms with Gasteiger partial charge < -0.3 is 9.90 Å². The van der Waals surface area contributed by atoms with Gasteiger partial charge in [-0.25, -0.2) is 0 Å². The van der Waals surface area contributed by atoms with Crippen molar-refractivity contribution >= 4 is 5.97 Å². The Kier molecular flexibility index (Phi) is 2.96. The molecule has 0 unspecified atom stereocenters. The van der Waals surface area contributed by atoms with Crippen LogP contribution < -0.4 is 5.11 Å². The van der Waals surface area contributed by atoms with Gasteiger partial charge in [-0.3, -0.25) is 0 Å². The van der Waals surface area contributed by atoms with Crippen molar-refractivity contribution in [3.8, 4) is 11.1 Å². The SMILES string of the molecule is Cc1ccc(-c2ccc(C(=O)[O-])cc2)cc1C. The van der Waals surface area contributed by atoms with Gasteiger partial charge >= 0.3 is 0 Å². The van der Waals surface area contributed by atoms with E-state index in [1.165, 1.54) is 11.1 Å². The molecule has 2 rings (SSSR count). The van der Waals surface area contributed by atoms with Crippen LogP contribution in [0.3, 0.4) is 0 Å². The minimum absolute atomic E-state index is 0.206. The lowest BCUT2D eigenvalue weighted by atomic mass is 10.00. The number of hydrogen-bond acceptors (Lipinski definition) is 2. The largest absolute Gasteiger partial charge is 0.545 e. The number of benzene rings is 2. The summed E-state index contributed by atoms with van der Waals surface area (Å²) in [5.74, 6) is -1.14. The summed E-state index contributed by atoms with van der Waals surface area (Å²) >= 11 is 0. The van der Waals surface area contributed by atoms with Gasteiger partial charge in [0, 0.05) is 0 Å². The summed E-state index contributed by atoms with van der Waals surface area (Å²) in [5.41, 5.74) is 4.79. The van der Waals surface area contributed by atoms with E-state index >= 15 is 0 Å². The maximum atomic E-state index is 10.6. The number of aromatic carboxylic acids is 1. The standard InChI is InChI=1S/C15H14O2/c1-10-3-4-14(9-11(10)2)12-5-7-13(8-6-12)15(16)17/h3-9H,1-2H3,(H,16,17)/p-1. The van der Waals surface area contributed by atoms with Gasteiger partial charge in [0.1, 0.15) is 0 Å². The first-order chi connectivity index (χ1) is 8.08. The Bertz CT molecular complexity index is 554. The van der Waals surface area contributed by atoms with E-state index < -0.39 is 5.97 Å². The molecule has 0 aliphatic heterocycles. The average molecular weight is 225 g/mol. The predicted molar refractivity (Wildman–Crippen MR) is 65.7 cm³/mol. The molecule has 17 heavy (non-hydrogen) atoms. The molecule has 2 nitrogen and oxygen atoms in total. The molecule has 86 valence electrons. The lowest BCUT2D eigenvalue weighted by molar-refractivity contribution is -0.255. The summed E-state index contributed by atoms with van der Waals surface area (Å²) in [5, 5.41) is 10.6. The van der Waals surface area contributed by atoms with E-state index in [0.717, 1.165) is 11.1 Å². The van der Waals surface area contributed by atoms with E-state index in [0.29, 0.717) is 0 Å². The van der Waals surface area contributed by atoms with Crippen LogP contribution in [-0.2, 0) is 0 Å². The molecule has 0 fully saturated rings. The van der Waals surface area contributed by atoms with Gasteiger partial charge in [-0.2, -0.15) is 0 Å². The molecule has 0 saturated heterocycles. The van der Waals surface area contributed by atoms with Gasteiger partial charge in [0.05, 0.1) is 5.97 Å². The molecule has 0 radical (unpaired) electrons. The summed E-state index contributed by atoms with van der Waals surface area (Å²) in [4.78, 5) is 10.6. The molecule has 0 atom stereocenters. The number of carbonyl (C=O) groups is 1. The molecule has 0 aliphatic rings. The summed E-state index contributed by atoms with van der Waals surface area (Å²) in [7, 11) is 0. The molecule has 0 spiro atoms. The molecule has 0 bridgehead atoms. The molecule has 0 heterocycles. The second kappa shape index (κ2) is 4.42. The number of aryl methyl sites for hydroxylation is 2. The van der Waals surface area contributed by atoms with E-state index in [2.05, 4.69) is 26.0 Å². The predicted octanol–water partition coefficient (Wildman–Crippen LogP) is 2.33. The number of carboxylic acids is 1. The summed E-state index contributed by atoms with van der Waals surface area (Å²) in [6, 6.07) is 12.9. The van der Waals surface area contributed by atoms with Crippen LogP contribution in [0.25, 0.3) is 11.1 Å². The molecule has 0 aromatic heterocycles. The normalized spacial score (nSPS) is 10.2. The summed E-state index contributed by atoms with van der Waals surface area (Å²) in [6.07, 6.45) is 0. The third kappa shape index (κ3) is 2.36. The highest BCUT2D eigenvalue weighted by Crippen LogP contribution is 2.22. The third-order valence-corrected chi connectivity index (χ3v) is 2.96. The highest BCUT2D eigenvalue weighted by atomic mass is 16.4. The fraction of sp³-hybridized carbons (Fsp3) is 0.133. The minimum Gasteiger partial charge on any atom is -0.545 e. The number of carboxylic acid groups (broad SMARTS) is 1. The van der Waals surface area contributed by atoms with Crippen molar-refractivity contribution in [2.24, 2.45) is 0 Å². The first-order valence-corrected chi connectivity index (χ1v) is 5.47. The van der Waals surface area contributed by atoms with Gasteiger partial charge in [-0.1, -0.05) is 42.5 Å². The zero-order valence-corrected chi connectivity index (χ0v) is 9.86. The molecule has 0 N–H and O–H groups in total. The van der Waals surface area contributed by atoms with Crippen molar-refractivity contribution in [1.82, 2.24) is 0 Å². The van der Waals surface area contributed by atoms with Crippen LogP contribution in [0.2, 0.25) is 0 Å². The Hall–Kier alpha value is -2.09. The van der Waals surface area contributed by atoms with E-state index in [4.69, 9.17) is 0 Å². The lowest BCUT2D eigenvalue weighted by Crippen LogP contribution is -2.21. The van der Waals surface area contributed by atoms with Gasteiger partial charge in [-0.15, -0.1) is 0 Å². The molecular weight excluding hydrogens is 212 g/mol.